The Balaban J connectivity index is 1.67. The molecule has 25 heavy (non-hydrogen) atoms. The first-order valence-corrected chi connectivity index (χ1v) is 8.33. The van der Waals surface area contributed by atoms with Crippen molar-refractivity contribution in [2.24, 2.45) is 0 Å². The molecule has 0 unspecified atom stereocenters. The van der Waals surface area contributed by atoms with E-state index in [-0.39, 0.29) is 0 Å². The van der Waals surface area contributed by atoms with Gasteiger partial charge in [-0.15, -0.1) is 0 Å². The lowest BCUT2D eigenvalue weighted by Crippen LogP contribution is -1.99. The number of hydrogen-bond donors (Lipinski definition) is 0. The van der Waals surface area contributed by atoms with Crippen molar-refractivity contribution in [3.63, 3.8) is 0 Å². The molecule has 0 spiro atoms. The largest absolute Gasteiger partial charge is 0.310 e. The van der Waals surface area contributed by atoms with E-state index in [9.17, 15) is 5.26 Å². The van der Waals surface area contributed by atoms with E-state index in [1.54, 1.807) is 0 Å². The average Bonchev–Trinajstić information content (AvgIpc) is 2.98. The summed E-state index contributed by atoms with van der Waals surface area (Å²) in [5.74, 6) is 0. The van der Waals surface area contributed by atoms with E-state index in [0.29, 0.717) is 17.4 Å². The minimum absolute atomic E-state index is 0.486. The van der Waals surface area contributed by atoms with Crippen LogP contribution in [0.15, 0.2) is 72.8 Å². The molecule has 0 fully saturated rings. The molecule has 3 nitrogen and oxygen atoms in total. The van der Waals surface area contributed by atoms with Crippen LogP contribution in [0.1, 0.15) is 11.1 Å². The molecule has 0 saturated carbocycles. The van der Waals surface area contributed by atoms with Gasteiger partial charge in [-0.3, -0.25) is 0 Å². The zero-order valence-corrected chi connectivity index (χ0v) is 14.1. The zero-order valence-electron chi connectivity index (χ0n) is 13.4. The SMILES string of the molecule is N#Cc1ccccc1-c1ccc(Cn2c(Cl)nc3ccccc32)cc1. The third kappa shape index (κ3) is 2.88. The van der Waals surface area contributed by atoms with Crippen LogP contribution >= 0.6 is 11.6 Å². The number of rotatable bonds is 3. The molecule has 0 atom stereocenters. The number of imidazole rings is 1. The van der Waals surface area contributed by atoms with Crippen LogP contribution in [0.5, 0.6) is 0 Å². The van der Waals surface area contributed by atoms with Crippen LogP contribution in [-0.2, 0) is 6.54 Å². The lowest BCUT2D eigenvalue weighted by Gasteiger charge is -2.08. The molecule has 1 heterocycles. The predicted octanol–water partition coefficient (Wildman–Crippen LogP) is 5.28. The Labute approximate surface area is 150 Å². The maximum absolute atomic E-state index is 9.26. The quantitative estimate of drug-likeness (QED) is 0.508. The van der Waals surface area contributed by atoms with E-state index >= 15 is 0 Å². The number of fused-ring (bicyclic) bond motifs is 1. The Morgan fingerprint density at radius 1 is 0.920 bits per heavy atom. The molecule has 3 aromatic carbocycles. The van der Waals surface area contributed by atoms with E-state index in [0.717, 1.165) is 27.7 Å². The molecule has 0 radical (unpaired) electrons. The van der Waals surface area contributed by atoms with E-state index in [1.807, 2.05) is 65.2 Å². The van der Waals surface area contributed by atoms with Gasteiger partial charge in [0.25, 0.3) is 0 Å². The second kappa shape index (κ2) is 6.43. The van der Waals surface area contributed by atoms with Crippen molar-refractivity contribution in [3.8, 4) is 17.2 Å². The highest BCUT2D eigenvalue weighted by Gasteiger charge is 2.09. The van der Waals surface area contributed by atoms with Crippen molar-refractivity contribution in [1.82, 2.24) is 9.55 Å². The highest BCUT2D eigenvalue weighted by atomic mass is 35.5. The fraction of sp³-hybridized carbons (Fsp3) is 0.0476. The molecule has 0 aliphatic carbocycles. The molecule has 4 rings (SSSR count). The molecule has 0 aliphatic rings. The van der Waals surface area contributed by atoms with Crippen molar-refractivity contribution in [3.05, 3.63) is 89.2 Å². The molecule has 4 heteroatoms. The lowest BCUT2D eigenvalue weighted by molar-refractivity contribution is 0.826. The summed E-state index contributed by atoms with van der Waals surface area (Å²) in [4.78, 5) is 4.39. The maximum Gasteiger partial charge on any atom is 0.204 e. The summed E-state index contributed by atoms with van der Waals surface area (Å²) in [6.45, 7) is 0.652. The van der Waals surface area contributed by atoms with Gasteiger partial charge in [0.05, 0.1) is 29.2 Å². The van der Waals surface area contributed by atoms with Gasteiger partial charge < -0.3 is 4.57 Å². The number of benzene rings is 3. The number of para-hydroxylation sites is 2. The Kier molecular flexibility index (Phi) is 3.97. The van der Waals surface area contributed by atoms with Crippen molar-refractivity contribution >= 4 is 22.6 Å². The minimum Gasteiger partial charge on any atom is -0.310 e. The molecule has 4 aromatic rings. The zero-order chi connectivity index (χ0) is 17.2. The van der Waals surface area contributed by atoms with E-state index < -0.39 is 0 Å². The molecular formula is C21H14ClN3. The number of halogens is 1. The Hall–Kier alpha value is -3.09. The first-order chi connectivity index (χ1) is 12.3. The Bertz CT molecular complexity index is 1090. The van der Waals surface area contributed by atoms with Crippen LogP contribution in [0.3, 0.4) is 0 Å². The van der Waals surface area contributed by atoms with Gasteiger partial charge in [-0.1, -0.05) is 54.6 Å². The summed E-state index contributed by atoms with van der Waals surface area (Å²) >= 11 is 6.30. The summed E-state index contributed by atoms with van der Waals surface area (Å²) < 4.78 is 2.00. The smallest absolute Gasteiger partial charge is 0.204 e. The maximum atomic E-state index is 9.26. The first-order valence-electron chi connectivity index (χ1n) is 7.95. The van der Waals surface area contributed by atoms with E-state index in [2.05, 4.69) is 23.2 Å². The topological polar surface area (TPSA) is 41.6 Å². The first kappa shape index (κ1) is 15.4. The molecule has 0 N–H and O–H groups in total. The van der Waals surface area contributed by atoms with Crippen LogP contribution < -0.4 is 0 Å². The normalized spacial score (nSPS) is 10.7. The number of aromatic nitrogens is 2. The van der Waals surface area contributed by atoms with Gasteiger partial charge >= 0.3 is 0 Å². The van der Waals surface area contributed by atoms with Crippen LogP contribution in [-0.4, -0.2) is 9.55 Å². The summed E-state index contributed by atoms with van der Waals surface area (Å²) in [5.41, 5.74) is 5.70. The molecule has 0 saturated heterocycles. The predicted molar refractivity (Wildman–Crippen MR) is 100 cm³/mol. The second-order valence-electron chi connectivity index (χ2n) is 5.81. The summed E-state index contributed by atoms with van der Waals surface area (Å²) in [7, 11) is 0. The van der Waals surface area contributed by atoms with Crippen LogP contribution in [0.4, 0.5) is 0 Å². The molecule has 0 aliphatic heterocycles. The monoisotopic (exact) mass is 343 g/mol. The molecular weight excluding hydrogens is 330 g/mol. The summed E-state index contributed by atoms with van der Waals surface area (Å²) in [6.07, 6.45) is 0. The summed E-state index contributed by atoms with van der Waals surface area (Å²) in [6, 6.07) is 26.0. The standard InChI is InChI=1S/C21H14ClN3/c22-21-24-19-7-3-4-8-20(19)25(21)14-15-9-11-16(12-10-15)18-6-2-1-5-17(18)13-23/h1-12H,14H2. The van der Waals surface area contributed by atoms with Gasteiger partial charge in [0.15, 0.2) is 0 Å². The Morgan fingerprint density at radius 2 is 1.64 bits per heavy atom. The average molecular weight is 344 g/mol. The number of nitrogens with zero attached hydrogens (tertiary/aromatic N) is 3. The summed E-state index contributed by atoms with van der Waals surface area (Å²) in [5, 5.41) is 9.75. The minimum atomic E-state index is 0.486. The van der Waals surface area contributed by atoms with E-state index in [1.165, 1.54) is 0 Å². The van der Waals surface area contributed by atoms with Gasteiger partial charge in [0, 0.05) is 0 Å². The van der Waals surface area contributed by atoms with Gasteiger partial charge in [-0.25, -0.2) is 4.98 Å². The second-order valence-corrected chi connectivity index (χ2v) is 6.15. The van der Waals surface area contributed by atoms with Crippen molar-refractivity contribution in [2.45, 2.75) is 6.54 Å². The van der Waals surface area contributed by atoms with E-state index in [4.69, 9.17) is 11.6 Å². The van der Waals surface area contributed by atoms with Crippen LogP contribution in [0.25, 0.3) is 22.2 Å². The Morgan fingerprint density at radius 3 is 2.44 bits per heavy atom. The van der Waals surface area contributed by atoms with Gasteiger partial charge in [0.2, 0.25) is 5.28 Å². The van der Waals surface area contributed by atoms with Crippen LogP contribution in [0.2, 0.25) is 5.28 Å². The molecule has 120 valence electrons. The van der Waals surface area contributed by atoms with Crippen LogP contribution in [0, 0.1) is 11.3 Å². The molecule has 1 aromatic heterocycles. The highest BCUT2D eigenvalue weighted by molar-refractivity contribution is 6.29. The van der Waals surface area contributed by atoms with Gasteiger partial charge in [-0.05, 0) is 46.5 Å². The highest BCUT2D eigenvalue weighted by Crippen LogP contribution is 2.25. The lowest BCUT2D eigenvalue weighted by atomic mass is 9.99. The van der Waals surface area contributed by atoms with Crippen molar-refractivity contribution in [2.75, 3.05) is 0 Å². The van der Waals surface area contributed by atoms with Crippen molar-refractivity contribution in [1.29, 1.82) is 5.26 Å². The van der Waals surface area contributed by atoms with Gasteiger partial charge in [-0.2, -0.15) is 5.26 Å². The third-order valence-corrected chi connectivity index (χ3v) is 4.55. The molecule has 0 amide bonds. The third-order valence-electron chi connectivity index (χ3n) is 4.26. The van der Waals surface area contributed by atoms with Crippen molar-refractivity contribution < 1.29 is 0 Å². The van der Waals surface area contributed by atoms with Gasteiger partial charge in [0.1, 0.15) is 0 Å². The number of nitriles is 1. The fourth-order valence-electron chi connectivity index (χ4n) is 3.00. The number of hydrogen-bond acceptors (Lipinski definition) is 2. The molecule has 0 bridgehead atoms. The fourth-order valence-corrected chi connectivity index (χ4v) is 3.24.